The van der Waals surface area contributed by atoms with Gasteiger partial charge < -0.3 is 19.6 Å². The zero-order valence-electron chi connectivity index (χ0n) is 22.1. The number of nitrogens with one attached hydrogen (secondary N) is 1. The molecule has 1 fully saturated rings. The highest BCUT2D eigenvalue weighted by Gasteiger charge is 2.48. The highest BCUT2D eigenvalue weighted by molar-refractivity contribution is 6.51. The number of Topliss-reactive ketones (excluding diaryl/α,β-unsaturated/α-hetero) is 1. The molecule has 0 radical (unpaired) electrons. The zero-order valence-corrected chi connectivity index (χ0v) is 22.1. The van der Waals surface area contributed by atoms with Crippen LogP contribution in [0.5, 0.6) is 11.5 Å². The maximum Gasteiger partial charge on any atom is 0.302 e. The second kappa shape index (κ2) is 9.62. The topological polar surface area (TPSA) is 105 Å². The lowest BCUT2D eigenvalue weighted by Crippen LogP contribution is -2.30. The summed E-state index contributed by atoms with van der Waals surface area (Å²) < 4.78 is 10.9. The fourth-order valence-electron chi connectivity index (χ4n) is 5.65. The number of ether oxygens (including phenoxy) is 2. The first-order valence-electron chi connectivity index (χ1n) is 13.0. The van der Waals surface area contributed by atoms with Gasteiger partial charge in [-0.1, -0.05) is 24.3 Å². The van der Waals surface area contributed by atoms with Crippen LogP contribution in [0.3, 0.4) is 0 Å². The van der Waals surface area contributed by atoms with Gasteiger partial charge in [-0.3, -0.25) is 14.5 Å². The SMILES string of the molecule is COc1ccc(C2/C(=C(\O)c3ccc4c(c3)CCCC4)C(=O)C(=O)N2c2nc3ccc(C)cc3[nH]2)cc1OC. The lowest BCUT2D eigenvalue weighted by Gasteiger charge is -2.24. The van der Waals surface area contributed by atoms with E-state index in [1.54, 1.807) is 18.2 Å². The van der Waals surface area contributed by atoms with Gasteiger partial charge in [0.2, 0.25) is 5.95 Å². The van der Waals surface area contributed by atoms with Crippen LogP contribution in [-0.4, -0.2) is 41.0 Å². The molecule has 2 heterocycles. The third-order valence-electron chi connectivity index (χ3n) is 7.64. The molecule has 1 aliphatic heterocycles. The number of rotatable bonds is 5. The molecule has 2 N–H and O–H groups in total. The molecule has 2 aliphatic rings. The predicted molar refractivity (Wildman–Crippen MR) is 148 cm³/mol. The summed E-state index contributed by atoms with van der Waals surface area (Å²) in [4.78, 5) is 36.4. The van der Waals surface area contributed by atoms with Gasteiger partial charge in [0.05, 0.1) is 36.9 Å². The van der Waals surface area contributed by atoms with E-state index in [0.717, 1.165) is 42.3 Å². The predicted octanol–water partition coefficient (Wildman–Crippen LogP) is 5.39. The number of aromatic amines is 1. The standard InChI is InChI=1S/C31H29N3O5/c1-17-8-12-22-23(14-17)33-31(32-22)34-27(20-11-13-24(38-2)25(16-20)39-3)26(29(36)30(34)37)28(35)21-10-9-18-6-4-5-7-19(18)15-21/h8-16,27,35H,4-7H2,1-3H3,(H,32,33)/b28-26+. The number of benzene rings is 3. The molecule has 1 aromatic heterocycles. The lowest BCUT2D eigenvalue weighted by molar-refractivity contribution is -0.132. The van der Waals surface area contributed by atoms with E-state index >= 15 is 0 Å². The molecule has 8 nitrogen and oxygen atoms in total. The maximum absolute atomic E-state index is 13.6. The molecule has 0 spiro atoms. The Labute approximate surface area is 225 Å². The van der Waals surface area contributed by atoms with E-state index < -0.39 is 17.7 Å². The molecule has 1 aliphatic carbocycles. The number of aliphatic hydroxyl groups excluding tert-OH is 1. The second-order valence-corrected chi connectivity index (χ2v) is 10.1. The summed E-state index contributed by atoms with van der Waals surface area (Å²) in [6.07, 6.45) is 4.14. The molecule has 1 unspecified atom stereocenters. The summed E-state index contributed by atoms with van der Waals surface area (Å²) >= 11 is 0. The monoisotopic (exact) mass is 523 g/mol. The minimum Gasteiger partial charge on any atom is -0.507 e. The summed E-state index contributed by atoms with van der Waals surface area (Å²) in [5.41, 5.74) is 5.94. The minimum absolute atomic E-state index is 0.000356. The summed E-state index contributed by atoms with van der Waals surface area (Å²) in [6.45, 7) is 1.97. The maximum atomic E-state index is 13.6. The van der Waals surface area contributed by atoms with Crippen molar-refractivity contribution in [3.63, 3.8) is 0 Å². The molecular formula is C31H29N3O5. The number of carbonyl (C=O) groups is 2. The Morgan fingerprint density at radius 2 is 1.72 bits per heavy atom. The molecule has 6 rings (SSSR count). The normalized spacial score (nSPS) is 18.4. The number of methoxy groups -OCH3 is 2. The number of fused-ring (bicyclic) bond motifs is 2. The van der Waals surface area contributed by atoms with Gasteiger partial charge in [-0.15, -0.1) is 0 Å². The Hall–Kier alpha value is -4.59. The van der Waals surface area contributed by atoms with Gasteiger partial charge >= 0.3 is 5.91 Å². The van der Waals surface area contributed by atoms with Crippen LogP contribution in [0.1, 0.15) is 46.7 Å². The fraction of sp³-hybridized carbons (Fsp3) is 0.258. The van der Waals surface area contributed by atoms with Crippen molar-refractivity contribution in [2.24, 2.45) is 0 Å². The third-order valence-corrected chi connectivity index (χ3v) is 7.64. The summed E-state index contributed by atoms with van der Waals surface area (Å²) in [6, 6.07) is 15.7. The van der Waals surface area contributed by atoms with Crippen molar-refractivity contribution in [3.05, 3.63) is 88.0 Å². The summed E-state index contributed by atoms with van der Waals surface area (Å²) in [5, 5.41) is 11.6. The second-order valence-electron chi connectivity index (χ2n) is 10.1. The Morgan fingerprint density at radius 1 is 0.949 bits per heavy atom. The van der Waals surface area contributed by atoms with Crippen molar-refractivity contribution in [1.29, 1.82) is 0 Å². The van der Waals surface area contributed by atoms with E-state index in [9.17, 15) is 14.7 Å². The smallest absolute Gasteiger partial charge is 0.302 e. The number of imidazole rings is 1. The van der Waals surface area contributed by atoms with E-state index in [0.29, 0.717) is 28.1 Å². The van der Waals surface area contributed by atoms with Crippen molar-refractivity contribution in [2.75, 3.05) is 19.1 Å². The highest BCUT2D eigenvalue weighted by Crippen LogP contribution is 2.44. The van der Waals surface area contributed by atoms with E-state index in [1.807, 2.05) is 43.3 Å². The Kier molecular flexibility index (Phi) is 6.10. The number of nitrogens with zero attached hydrogens (tertiary/aromatic N) is 2. The molecule has 4 aromatic rings. The largest absolute Gasteiger partial charge is 0.507 e. The number of aryl methyl sites for hydroxylation is 3. The van der Waals surface area contributed by atoms with Gasteiger partial charge in [0.1, 0.15) is 5.76 Å². The molecular weight excluding hydrogens is 494 g/mol. The van der Waals surface area contributed by atoms with Crippen LogP contribution in [0.15, 0.2) is 60.2 Å². The van der Waals surface area contributed by atoms with E-state index in [1.165, 1.54) is 24.7 Å². The molecule has 1 saturated heterocycles. The Balaban J connectivity index is 1.56. The molecule has 8 heteroatoms. The van der Waals surface area contributed by atoms with E-state index in [2.05, 4.69) is 9.97 Å². The lowest BCUT2D eigenvalue weighted by atomic mass is 9.88. The van der Waals surface area contributed by atoms with Crippen LogP contribution < -0.4 is 14.4 Å². The molecule has 198 valence electrons. The van der Waals surface area contributed by atoms with Crippen molar-refractivity contribution in [1.82, 2.24) is 9.97 Å². The van der Waals surface area contributed by atoms with Crippen molar-refractivity contribution < 1.29 is 24.2 Å². The van der Waals surface area contributed by atoms with Gasteiger partial charge in [0.15, 0.2) is 11.5 Å². The molecule has 39 heavy (non-hydrogen) atoms. The van der Waals surface area contributed by atoms with Gasteiger partial charge in [-0.25, -0.2) is 4.98 Å². The van der Waals surface area contributed by atoms with Crippen LogP contribution in [0, 0.1) is 6.92 Å². The number of hydrogen-bond acceptors (Lipinski definition) is 6. The fourth-order valence-corrected chi connectivity index (χ4v) is 5.65. The highest BCUT2D eigenvalue weighted by atomic mass is 16.5. The molecule has 0 saturated carbocycles. The first-order valence-corrected chi connectivity index (χ1v) is 13.0. The summed E-state index contributed by atoms with van der Waals surface area (Å²) in [5.74, 6) is -0.591. The number of aliphatic hydroxyl groups is 1. The minimum atomic E-state index is -0.942. The van der Waals surface area contributed by atoms with Crippen molar-refractivity contribution in [2.45, 2.75) is 38.6 Å². The number of hydrogen-bond donors (Lipinski definition) is 2. The molecule has 1 amide bonds. The van der Waals surface area contributed by atoms with Gasteiger partial charge in [0.25, 0.3) is 5.78 Å². The molecule has 3 aromatic carbocycles. The zero-order chi connectivity index (χ0) is 27.3. The first-order chi connectivity index (χ1) is 18.9. The third kappa shape index (κ3) is 4.12. The van der Waals surface area contributed by atoms with Gasteiger partial charge in [0, 0.05) is 5.56 Å². The van der Waals surface area contributed by atoms with Crippen LogP contribution in [0.2, 0.25) is 0 Å². The molecule has 0 bridgehead atoms. The van der Waals surface area contributed by atoms with Crippen molar-refractivity contribution in [3.8, 4) is 11.5 Å². The van der Waals surface area contributed by atoms with E-state index in [4.69, 9.17) is 9.47 Å². The molecule has 1 atom stereocenters. The van der Waals surface area contributed by atoms with Crippen LogP contribution in [-0.2, 0) is 22.4 Å². The average Bonchev–Trinajstić information content (AvgIpc) is 3.49. The number of anilines is 1. The van der Waals surface area contributed by atoms with E-state index in [-0.39, 0.29) is 17.3 Å². The van der Waals surface area contributed by atoms with Crippen LogP contribution in [0.4, 0.5) is 5.95 Å². The average molecular weight is 524 g/mol. The van der Waals surface area contributed by atoms with Crippen LogP contribution >= 0.6 is 0 Å². The van der Waals surface area contributed by atoms with Crippen LogP contribution in [0.25, 0.3) is 16.8 Å². The van der Waals surface area contributed by atoms with Gasteiger partial charge in [-0.05, 0) is 85.2 Å². The first kappa shape index (κ1) is 24.7. The van der Waals surface area contributed by atoms with Crippen molar-refractivity contribution >= 4 is 34.4 Å². The number of H-pyrrole nitrogens is 1. The Bertz CT molecular complexity index is 1670. The quantitative estimate of drug-likeness (QED) is 0.206. The number of amides is 1. The Morgan fingerprint density at radius 3 is 2.49 bits per heavy atom. The number of aromatic nitrogens is 2. The van der Waals surface area contributed by atoms with Gasteiger partial charge in [-0.2, -0.15) is 0 Å². The number of carbonyl (C=O) groups excluding carboxylic acids is 2. The number of ketones is 1. The summed E-state index contributed by atoms with van der Waals surface area (Å²) in [7, 11) is 3.06.